The topological polar surface area (TPSA) is 124 Å². The van der Waals surface area contributed by atoms with Gasteiger partial charge in [0.15, 0.2) is 15.7 Å². The van der Waals surface area contributed by atoms with Gasteiger partial charge in [-0.15, -0.1) is 0 Å². The summed E-state index contributed by atoms with van der Waals surface area (Å²) >= 11 is 0. The molecule has 1 aliphatic heterocycles. The Hall–Kier alpha value is -2.79. The highest BCUT2D eigenvalue weighted by molar-refractivity contribution is 7.91. The van der Waals surface area contributed by atoms with Crippen molar-refractivity contribution in [3.05, 3.63) is 36.2 Å². The smallest absolute Gasteiger partial charge is 0.321 e. The van der Waals surface area contributed by atoms with Crippen molar-refractivity contribution in [1.29, 1.82) is 0 Å². The van der Waals surface area contributed by atoms with Crippen LogP contribution in [0.25, 0.3) is 0 Å². The second-order valence-corrected chi connectivity index (χ2v) is 8.41. The Morgan fingerprint density at radius 1 is 1.17 bits per heavy atom. The first kappa shape index (κ1) is 20.9. The zero-order valence-electron chi connectivity index (χ0n) is 16.1. The first-order valence-electron chi connectivity index (χ1n) is 9.14. The Kier molecular flexibility index (Phi) is 6.94. The van der Waals surface area contributed by atoms with Gasteiger partial charge in [0, 0.05) is 19.5 Å². The predicted molar refractivity (Wildman–Crippen MR) is 104 cm³/mol. The van der Waals surface area contributed by atoms with Gasteiger partial charge in [-0.25, -0.2) is 8.42 Å². The summed E-state index contributed by atoms with van der Waals surface area (Å²) in [4.78, 5) is 27.0. The van der Waals surface area contributed by atoms with Gasteiger partial charge in [0.1, 0.15) is 0 Å². The number of anilines is 1. The fourth-order valence-corrected chi connectivity index (χ4v) is 3.96. The van der Waals surface area contributed by atoms with Gasteiger partial charge in [-0.2, -0.15) is 15.0 Å². The summed E-state index contributed by atoms with van der Waals surface area (Å²) in [5.74, 6) is 0.105. The van der Waals surface area contributed by atoms with Crippen molar-refractivity contribution >= 4 is 21.7 Å². The van der Waals surface area contributed by atoms with Crippen molar-refractivity contribution in [2.75, 3.05) is 44.1 Å². The number of rotatable bonds is 8. The van der Waals surface area contributed by atoms with E-state index in [0.717, 1.165) is 0 Å². The van der Waals surface area contributed by atoms with Crippen molar-refractivity contribution in [2.24, 2.45) is 0 Å². The number of hydrogen-bond donors (Lipinski definition) is 1. The Balaban J connectivity index is 1.58. The van der Waals surface area contributed by atoms with Crippen LogP contribution in [0.5, 0.6) is 6.01 Å². The minimum atomic E-state index is -3.51. The molecule has 156 valence electrons. The number of morpholine rings is 1. The monoisotopic (exact) mass is 421 g/mol. The average Bonchev–Trinajstić information content (AvgIpc) is 2.77. The van der Waals surface area contributed by atoms with Gasteiger partial charge in [-0.05, 0) is 12.1 Å². The summed E-state index contributed by atoms with van der Waals surface area (Å²) in [6.07, 6.45) is -0.157. The molecule has 2 heterocycles. The van der Waals surface area contributed by atoms with E-state index >= 15 is 0 Å². The molecule has 1 N–H and O–H groups in total. The number of hydrogen-bond acceptors (Lipinski definition) is 9. The first-order chi connectivity index (χ1) is 14.0. The number of methoxy groups -OCH3 is 1. The quantitative estimate of drug-likeness (QED) is 0.636. The third-order valence-electron chi connectivity index (χ3n) is 4.27. The Morgan fingerprint density at radius 2 is 1.90 bits per heavy atom. The molecule has 10 nitrogen and oxygen atoms in total. The summed E-state index contributed by atoms with van der Waals surface area (Å²) < 4.78 is 35.0. The molecule has 1 amide bonds. The minimum Gasteiger partial charge on any atom is -0.467 e. The lowest BCUT2D eigenvalue weighted by molar-refractivity contribution is -0.120. The molecule has 0 aliphatic carbocycles. The number of ether oxygens (including phenoxy) is 2. The largest absolute Gasteiger partial charge is 0.467 e. The highest BCUT2D eigenvalue weighted by atomic mass is 32.2. The Morgan fingerprint density at radius 3 is 2.59 bits per heavy atom. The predicted octanol–water partition coefficient (Wildman–Crippen LogP) is 0.197. The van der Waals surface area contributed by atoms with E-state index in [0.29, 0.717) is 38.1 Å². The SMILES string of the molecule is COc1nc(CNC(=O)CCS(=O)(=O)c2ccccc2)nc(N2CCOCC2)n1. The molecule has 11 heteroatoms. The summed E-state index contributed by atoms with van der Waals surface area (Å²) in [5, 5.41) is 2.65. The third kappa shape index (κ3) is 5.84. The van der Waals surface area contributed by atoms with Crippen LogP contribution >= 0.6 is 0 Å². The normalized spacial score (nSPS) is 14.4. The molecule has 0 bridgehead atoms. The lowest BCUT2D eigenvalue weighted by Gasteiger charge is -2.26. The second kappa shape index (κ2) is 9.61. The van der Waals surface area contributed by atoms with Gasteiger partial charge in [0.2, 0.25) is 11.9 Å². The third-order valence-corrected chi connectivity index (χ3v) is 6.00. The van der Waals surface area contributed by atoms with Gasteiger partial charge in [0.25, 0.3) is 0 Å². The fourth-order valence-electron chi connectivity index (χ4n) is 2.70. The highest BCUT2D eigenvalue weighted by Gasteiger charge is 2.18. The molecule has 1 aliphatic rings. The van der Waals surface area contributed by atoms with Crippen LogP contribution in [0.4, 0.5) is 5.95 Å². The van der Waals surface area contributed by atoms with E-state index in [2.05, 4.69) is 20.3 Å². The van der Waals surface area contributed by atoms with E-state index in [1.54, 1.807) is 18.2 Å². The van der Waals surface area contributed by atoms with Gasteiger partial charge in [-0.1, -0.05) is 18.2 Å². The first-order valence-corrected chi connectivity index (χ1v) is 10.8. The number of amides is 1. The maximum absolute atomic E-state index is 12.3. The second-order valence-electron chi connectivity index (χ2n) is 6.30. The molecule has 0 radical (unpaired) electrons. The van der Waals surface area contributed by atoms with E-state index in [1.165, 1.54) is 19.2 Å². The molecule has 0 atom stereocenters. The van der Waals surface area contributed by atoms with Crippen LogP contribution in [0.15, 0.2) is 35.2 Å². The van der Waals surface area contributed by atoms with E-state index in [-0.39, 0.29) is 29.6 Å². The molecule has 1 saturated heterocycles. The Bertz CT molecular complexity index is 933. The Labute approximate surface area is 169 Å². The fraction of sp³-hybridized carbons (Fsp3) is 0.444. The molecular weight excluding hydrogens is 398 g/mol. The molecule has 1 aromatic heterocycles. The van der Waals surface area contributed by atoms with Crippen LogP contribution in [0.1, 0.15) is 12.2 Å². The minimum absolute atomic E-state index is 0.0421. The molecule has 0 unspecified atom stereocenters. The summed E-state index contributed by atoms with van der Waals surface area (Å²) in [7, 11) is -2.06. The molecule has 1 fully saturated rings. The maximum Gasteiger partial charge on any atom is 0.321 e. The number of carbonyl (C=O) groups is 1. The van der Waals surface area contributed by atoms with Crippen molar-refractivity contribution in [1.82, 2.24) is 20.3 Å². The summed E-state index contributed by atoms with van der Waals surface area (Å²) in [6.45, 7) is 2.50. The summed E-state index contributed by atoms with van der Waals surface area (Å²) in [5.41, 5.74) is 0. The van der Waals surface area contributed by atoms with Gasteiger partial charge >= 0.3 is 6.01 Å². The van der Waals surface area contributed by atoms with Gasteiger partial charge in [0.05, 0.1) is 37.5 Å². The zero-order valence-corrected chi connectivity index (χ0v) is 16.9. The van der Waals surface area contributed by atoms with Crippen molar-refractivity contribution in [3.8, 4) is 6.01 Å². The molecule has 1 aromatic carbocycles. The van der Waals surface area contributed by atoms with Crippen LogP contribution in [-0.2, 0) is 25.9 Å². The van der Waals surface area contributed by atoms with Crippen molar-refractivity contribution in [3.63, 3.8) is 0 Å². The van der Waals surface area contributed by atoms with E-state index in [4.69, 9.17) is 9.47 Å². The lowest BCUT2D eigenvalue weighted by Crippen LogP contribution is -2.37. The molecule has 2 aromatic rings. The molecule has 3 rings (SSSR count). The number of nitrogens with one attached hydrogen (secondary N) is 1. The molecule has 29 heavy (non-hydrogen) atoms. The number of sulfone groups is 1. The zero-order chi connectivity index (χ0) is 20.7. The van der Waals surface area contributed by atoms with Crippen LogP contribution in [-0.4, -0.2) is 68.4 Å². The summed E-state index contributed by atoms with van der Waals surface area (Å²) in [6, 6.07) is 8.20. The number of carbonyl (C=O) groups excluding carboxylic acids is 1. The van der Waals surface area contributed by atoms with Gasteiger partial charge in [-0.3, -0.25) is 4.79 Å². The number of aromatic nitrogens is 3. The molecule has 0 spiro atoms. The van der Waals surface area contributed by atoms with Crippen molar-refractivity contribution in [2.45, 2.75) is 17.9 Å². The number of nitrogens with zero attached hydrogens (tertiary/aromatic N) is 4. The van der Waals surface area contributed by atoms with E-state index < -0.39 is 15.7 Å². The van der Waals surface area contributed by atoms with Crippen LogP contribution in [0.3, 0.4) is 0 Å². The highest BCUT2D eigenvalue weighted by Crippen LogP contribution is 2.14. The lowest BCUT2D eigenvalue weighted by atomic mass is 10.4. The van der Waals surface area contributed by atoms with Crippen molar-refractivity contribution < 1.29 is 22.7 Å². The maximum atomic E-state index is 12.3. The number of benzene rings is 1. The van der Waals surface area contributed by atoms with Crippen LogP contribution in [0.2, 0.25) is 0 Å². The molecular formula is C18H23N5O5S. The van der Waals surface area contributed by atoms with Crippen LogP contribution in [0, 0.1) is 0 Å². The average molecular weight is 421 g/mol. The van der Waals surface area contributed by atoms with E-state index in [1.807, 2.05) is 4.90 Å². The van der Waals surface area contributed by atoms with Crippen LogP contribution < -0.4 is 15.0 Å². The standard InChI is InChI=1S/C18H23N5O5S/c1-27-18-21-15(20-17(22-18)23-8-10-28-11-9-23)13-19-16(24)7-12-29(25,26)14-5-3-2-4-6-14/h2-6H,7-13H2,1H3,(H,19,24). The molecule has 0 saturated carbocycles. The van der Waals surface area contributed by atoms with Gasteiger partial charge < -0.3 is 19.7 Å². The van der Waals surface area contributed by atoms with E-state index in [9.17, 15) is 13.2 Å².